The van der Waals surface area contributed by atoms with Crippen LogP contribution in [0.5, 0.6) is 5.75 Å². The molecular formula is C11H14F2N2O4. The van der Waals surface area contributed by atoms with E-state index in [1.165, 1.54) is 6.07 Å². The Kier molecular flexibility index (Phi) is 5.43. The Labute approximate surface area is 108 Å². The zero-order valence-corrected chi connectivity index (χ0v) is 10.2. The number of halogens is 2. The first-order valence-corrected chi connectivity index (χ1v) is 5.54. The summed E-state index contributed by atoms with van der Waals surface area (Å²) in [5.41, 5.74) is -0.122. The van der Waals surface area contributed by atoms with Gasteiger partial charge in [0.15, 0.2) is 0 Å². The first-order valence-electron chi connectivity index (χ1n) is 5.54. The molecule has 1 aromatic carbocycles. The van der Waals surface area contributed by atoms with Gasteiger partial charge in [-0.2, -0.15) is 8.78 Å². The first-order chi connectivity index (χ1) is 8.93. The lowest BCUT2D eigenvalue weighted by molar-refractivity contribution is -0.386. The van der Waals surface area contributed by atoms with Gasteiger partial charge in [0.1, 0.15) is 0 Å². The molecule has 0 saturated carbocycles. The van der Waals surface area contributed by atoms with Crippen molar-refractivity contribution in [1.29, 1.82) is 0 Å². The Morgan fingerprint density at radius 2 is 2.21 bits per heavy atom. The number of nitrogens with zero attached hydrogens (tertiary/aromatic N) is 1. The SMILES string of the molecule is C[C@H](CCO)Nc1ccc([N+](=O)[O-])c(OC(F)F)c1. The fourth-order valence-corrected chi connectivity index (χ4v) is 1.50. The average Bonchev–Trinajstić information content (AvgIpc) is 2.28. The van der Waals surface area contributed by atoms with Gasteiger partial charge < -0.3 is 15.2 Å². The molecule has 1 aromatic rings. The van der Waals surface area contributed by atoms with Crippen molar-refractivity contribution in [2.24, 2.45) is 0 Å². The van der Waals surface area contributed by atoms with Crippen molar-refractivity contribution in [3.05, 3.63) is 28.3 Å². The van der Waals surface area contributed by atoms with Gasteiger partial charge in [-0.05, 0) is 19.4 Å². The normalized spacial score (nSPS) is 12.3. The highest BCUT2D eigenvalue weighted by Crippen LogP contribution is 2.31. The molecule has 1 rings (SSSR count). The highest BCUT2D eigenvalue weighted by atomic mass is 19.3. The number of hydrogen-bond acceptors (Lipinski definition) is 5. The fraction of sp³-hybridized carbons (Fsp3) is 0.455. The molecule has 0 aliphatic heterocycles. The maximum atomic E-state index is 12.2. The van der Waals surface area contributed by atoms with Gasteiger partial charge in [-0.25, -0.2) is 0 Å². The molecule has 19 heavy (non-hydrogen) atoms. The fourth-order valence-electron chi connectivity index (χ4n) is 1.50. The molecule has 0 spiro atoms. The van der Waals surface area contributed by atoms with E-state index >= 15 is 0 Å². The number of benzene rings is 1. The Morgan fingerprint density at radius 1 is 1.53 bits per heavy atom. The molecule has 0 amide bonds. The second kappa shape index (κ2) is 6.83. The van der Waals surface area contributed by atoms with Crippen LogP contribution in [0.1, 0.15) is 13.3 Å². The predicted octanol–water partition coefficient (Wildman–Crippen LogP) is 2.38. The molecule has 0 heterocycles. The Bertz CT molecular complexity index is 443. The maximum Gasteiger partial charge on any atom is 0.387 e. The predicted molar refractivity (Wildman–Crippen MR) is 64.5 cm³/mol. The molecule has 0 unspecified atom stereocenters. The van der Waals surface area contributed by atoms with Crippen LogP contribution in [-0.4, -0.2) is 29.3 Å². The van der Waals surface area contributed by atoms with Gasteiger partial charge in [-0.1, -0.05) is 0 Å². The number of aliphatic hydroxyl groups excluding tert-OH is 1. The third kappa shape index (κ3) is 4.66. The summed E-state index contributed by atoms with van der Waals surface area (Å²) in [7, 11) is 0. The summed E-state index contributed by atoms with van der Waals surface area (Å²) in [6, 6.07) is 3.51. The second-order valence-electron chi connectivity index (χ2n) is 3.88. The van der Waals surface area contributed by atoms with Crippen molar-refractivity contribution in [2.75, 3.05) is 11.9 Å². The molecule has 106 valence electrons. The van der Waals surface area contributed by atoms with Crippen molar-refractivity contribution in [1.82, 2.24) is 0 Å². The summed E-state index contributed by atoms with van der Waals surface area (Å²) >= 11 is 0. The van der Waals surface area contributed by atoms with Crippen LogP contribution in [0, 0.1) is 10.1 Å². The maximum absolute atomic E-state index is 12.2. The summed E-state index contributed by atoms with van der Waals surface area (Å²) < 4.78 is 28.5. The Morgan fingerprint density at radius 3 is 2.74 bits per heavy atom. The monoisotopic (exact) mass is 276 g/mol. The largest absolute Gasteiger partial charge is 0.427 e. The molecule has 0 aromatic heterocycles. The van der Waals surface area contributed by atoms with Gasteiger partial charge >= 0.3 is 12.3 Å². The number of nitro groups is 1. The van der Waals surface area contributed by atoms with E-state index in [0.717, 1.165) is 12.1 Å². The van der Waals surface area contributed by atoms with Gasteiger partial charge in [0.05, 0.1) is 4.92 Å². The molecule has 0 fully saturated rings. The third-order valence-electron chi connectivity index (χ3n) is 2.35. The molecular weight excluding hydrogens is 262 g/mol. The van der Waals surface area contributed by atoms with Gasteiger partial charge in [0, 0.05) is 30.5 Å². The molecule has 0 radical (unpaired) electrons. The minimum absolute atomic E-state index is 0.0263. The van der Waals surface area contributed by atoms with Gasteiger partial charge in [0.25, 0.3) is 0 Å². The van der Waals surface area contributed by atoms with Crippen molar-refractivity contribution in [3.8, 4) is 5.75 Å². The third-order valence-corrected chi connectivity index (χ3v) is 2.35. The summed E-state index contributed by atoms with van der Waals surface area (Å²) in [6.45, 7) is -1.38. The molecule has 0 bridgehead atoms. The summed E-state index contributed by atoms with van der Waals surface area (Å²) in [4.78, 5) is 9.87. The minimum atomic E-state index is -3.14. The van der Waals surface area contributed by atoms with Crippen LogP contribution in [0.4, 0.5) is 20.2 Å². The molecule has 1 atom stereocenters. The number of anilines is 1. The average molecular weight is 276 g/mol. The van der Waals surface area contributed by atoms with E-state index in [2.05, 4.69) is 10.1 Å². The van der Waals surface area contributed by atoms with E-state index in [9.17, 15) is 18.9 Å². The van der Waals surface area contributed by atoms with Crippen molar-refractivity contribution in [2.45, 2.75) is 26.0 Å². The number of alkyl halides is 2. The number of nitrogens with one attached hydrogen (secondary N) is 1. The molecule has 0 aliphatic carbocycles. The number of hydrogen-bond donors (Lipinski definition) is 2. The van der Waals surface area contributed by atoms with Crippen molar-refractivity contribution >= 4 is 11.4 Å². The van der Waals surface area contributed by atoms with E-state index in [-0.39, 0.29) is 12.6 Å². The molecule has 0 saturated heterocycles. The van der Waals surface area contributed by atoms with E-state index in [4.69, 9.17) is 5.11 Å². The molecule has 6 nitrogen and oxygen atoms in total. The lowest BCUT2D eigenvalue weighted by atomic mass is 10.2. The van der Waals surface area contributed by atoms with Gasteiger partial charge in [-0.15, -0.1) is 0 Å². The van der Waals surface area contributed by atoms with Crippen LogP contribution in [0.3, 0.4) is 0 Å². The molecule has 8 heteroatoms. The van der Waals surface area contributed by atoms with E-state index in [1.807, 2.05) is 0 Å². The zero-order valence-electron chi connectivity index (χ0n) is 10.2. The number of ether oxygens (including phenoxy) is 1. The second-order valence-corrected chi connectivity index (χ2v) is 3.88. The summed E-state index contributed by atoms with van der Waals surface area (Å²) in [5.74, 6) is -0.499. The summed E-state index contributed by atoms with van der Waals surface area (Å²) in [6.07, 6.45) is 0.460. The highest BCUT2D eigenvalue weighted by Gasteiger charge is 2.19. The van der Waals surface area contributed by atoms with Crippen LogP contribution >= 0.6 is 0 Å². The topological polar surface area (TPSA) is 84.6 Å². The van der Waals surface area contributed by atoms with Crippen LogP contribution in [0.2, 0.25) is 0 Å². The van der Waals surface area contributed by atoms with Crippen molar-refractivity contribution in [3.63, 3.8) is 0 Å². The Hall–Kier alpha value is -1.96. The number of rotatable bonds is 7. The minimum Gasteiger partial charge on any atom is -0.427 e. The molecule has 2 N–H and O–H groups in total. The lowest BCUT2D eigenvalue weighted by Crippen LogP contribution is -2.16. The van der Waals surface area contributed by atoms with Crippen LogP contribution in [-0.2, 0) is 0 Å². The summed E-state index contributed by atoms with van der Waals surface area (Å²) in [5, 5.41) is 22.3. The number of nitro benzene ring substituents is 1. The standard InChI is InChI=1S/C11H14F2N2O4/c1-7(4-5-16)14-8-2-3-9(15(17)18)10(6-8)19-11(12)13/h2-3,6-7,11,14,16H,4-5H2,1H3/t7-/m1/s1. The molecule has 0 aliphatic rings. The van der Waals surface area contributed by atoms with Gasteiger partial charge in [-0.3, -0.25) is 10.1 Å². The van der Waals surface area contributed by atoms with Crippen LogP contribution in [0.15, 0.2) is 18.2 Å². The number of aliphatic hydroxyl groups is 1. The smallest absolute Gasteiger partial charge is 0.387 e. The van der Waals surface area contributed by atoms with Crippen LogP contribution in [0.25, 0.3) is 0 Å². The van der Waals surface area contributed by atoms with Gasteiger partial charge in [0.2, 0.25) is 5.75 Å². The zero-order chi connectivity index (χ0) is 14.4. The highest BCUT2D eigenvalue weighted by molar-refractivity contribution is 5.58. The first kappa shape index (κ1) is 15.1. The quantitative estimate of drug-likeness (QED) is 0.590. The lowest BCUT2D eigenvalue weighted by Gasteiger charge is -2.15. The van der Waals surface area contributed by atoms with E-state index in [0.29, 0.717) is 12.1 Å². The van der Waals surface area contributed by atoms with E-state index in [1.54, 1.807) is 6.92 Å². The van der Waals surface area contributed by atoms with E-state index < -0.39 is 23.0 Å². The Balaban J connectivity index is 2.94. The van der Waals surface area contributed by atoms with Crippen LogP contribution < -0.4 is 10.1 Å². The van der Waals surface area contributed by atoms with Crippen molar-refractivity contribution < 1.29 is 23.5 Å².